The molecule has 2 N–H and O–H groups in total. The van der Waals surface area contributed by atoms with E-state index in [1.807, 2.05) is 12.1 Å². The van der Waals surface area contributed by atoms with Crippen molar-refractivity contribution < 1.29 is 4.74 Å². The van der Waals surface area contributed by atoms with Gasteiger partial charge in [0, 0.05) is 17.6 Å². The van der Waals surface area contributed by atoms with Crippen molar-refractivity contribution in [1.29, 1.82) is 0 Å². The largest absolute Gasteiger partial charge is 0.496 e. The number of rotatable bonds is 4. The van der Waals surface area contributed by atoms with Gasteiger partial charge in [-0.15, -0.1) is 0 Å². The molecule has 2 aromatic carbocycles. The highest BCUT2D eigenvalue weighted by atomic mass is 16.5. The second kappa shape index (κ2) is 5.99. The minimum absolute atomic E-state index is 0.128. The van der Waals surface area contributed by atoms with Gasteiger partial charge in [0.15, 0.2) is 0 Å². The van der Waals surface area contributed by atoms with Gasteiger partial charge in [0.1, 0.15) is 5.75 Å². The lowest BCUT2D eigenvalue weighted by molar-refractivity contribution is 0.193. The summed E-state index contributed by atoms with van der Waals surface area (Å²) in [6.45, 7) is 1.95. The number of benzene rings is 2. The van der Waals surface area contributed by atoms with E-state index in [4.69, 9.17) is 4.74 Å². The van der Waals surface area contributed by atoms with Crippen LogP contribution in [0.15, 0.2) is 48.5 Å². The van der Waals surface area contributed by atoms with Crippen LogP contribution in [0.3, 0.4) is 0 Å². The van der Waals surface area contributed by atoms with Crippen molar-refractivity contribution in [3.8, 4) is 5.75 Å². The summed E-state index contributed by atoms with van der Waals surface area (Å²) in [4.78, 5) is 0. The first-order valence-electron chi connectivity index (χ1n) is 8.50. The molecule has 1 heterocycles. The van der Waals surface area contributed by atoms with Crippen LogP contribution in [0.2, 0.25) is 0 Å². The molecule has 1 aliphatic heterocycles. The summed E-state index contributed by atoms with van der Waals surface area (Å²) in [5.41, 5.74) is 4.31. The van der Waals surface area contributed by atoms with Crippen molar-refractivity contribution in [2.45, 2.75) is 37.4 Å². The number of ether oxygens (including phenoxy) is 1. The van der Waals surface area contributed by atoms with Crippen LogP contribution in [0.25, 0.3) is 0 Å². The smallest absolute Gasteiger partial charge is 0.123 e. The second-order valence-electron chi connectivity index (χ2n) is 6.69. The fraction of sp³-hybridized carbons (Fsp3) is 0.400. The summed E-state index contributed by atoms with van der Waals surface area (Å²) >= 11 is 0. The molecule has 120 valence electrons. The maximum absolute atomic E-state index is 5.50. The van der Waals surface area contributed by atoms with Gasteiger partial charge in [0.05, 0.1) is 13.2 Å². The molecule has 1 aliphatic carbocycles. The first kappa shape index (κ1) is 14.7. The maximum Gasteiger partial charge on any atom is 0.123 e. The van der Waals surface area contributed by atoms with E-state index < -0.39 is 0 Å². The molecule has 0 saturated carbocycles. The lowest BCUT2D eigenvalue weighted by atomic mass is 9.82. The van der Waals surface area contributed by atoms with E-state index >= 15 is 0 Å². The van der Waals surface area contributed by atoms with E-state index in [0.717, 1.165) is 25.3 Å². The third-order valence-electron chi connectivity index (χ3n) is 5.40. The third kappa shape index (κ3) is 2.54. The molecule has 2 atom stereocenters. The molecule has 2 aliphatic rings. The minimum Gasteiger partial charge on any atom is -0.496 e. The first-order chi connectivity index (χ1) is 11.3. The van der Waals surface area contributed by atoms with E-state index in [-0.39, 0.29) is 5.54 Å². The predicted molar refractivity (Wildman–Crippen MR) is 92.7 cm³/mol. The quantitative estimate of drug-likeness (QED) is 0.910. The van der Waals surface area contributed by atoms with Crippen LogP contribution in [0.5, 0.6) is 5.75 Å². The highest BCUT2D eigenvalue weighted by Gasteiger charge is 2.46. The molecule has 4 rings (SSSR count). The van der Waals surface area contributed by atoms with Crippen molar-refractivity contribution >= 4 is 0 Å². The zero-order valence-corrected chi connectivity index (χ0v) is 13.6. The van der Waals surface area contributed by atoms with Gasteiger partial charge in [-0.2, -0.15) is 0 Å². The molecule has 0 aromatic heterocycles. The van der Waals surface area contributed by atoms with Gasteiger partial charge in [-0.25, -0.2) is 0 Å². The average Bonchev–Trinajstić information content (AvgIpc) is 2.95. The van der Waals surface area contributed by atoms with Crippen molar-refractivity contribution in [2.24, 2.45) is 0 Å². The van der Waals surface area contributed by atoms with Gasteiger partial charge in [-0.1, -0.05) is 42.5 Å². The summed E-state index contributed by atoms with van der Waals surface area (Å²) in [5.74, 6) is 0.965. The normalized spacial score (nSPS) is 25.7. The van der Waals surface area contributed by atoms with Gasteiger partial charge in [-0.05, 0) is 43.0 Å². The van der Waals surface area contributed by atoms with Crippen LogP contribution in [-0.2, 0) is 13.0 Å². The highest BCUT2D eigenvalue weighted by molar-refractivity contribution is 5.41. The maximum atomic E-state index is 5.50. The van der Waals surface area contributed by atoms with Gasteiger partial charge in [-0.3, -0.25) is 0 Å². The minimum atomic E-state index is 0.128. The van der Waals surface area contributed by atoms with Gasteiger partial charge in [0.2, 0.25) is 0 Å². The van der Waals surface area contributed by atoms with Gasteiger partial charge >= 0.3 is 0 Å². The lowest BCUT2D eigenvalue weighted by Gasteiger charge is -2.41. The summed E-state index contributed by atoms with van der Waals surface area (Å²) in [6, 6.07) is 17.6. The fourth-order valence-corrected chi connectivity index (χ4v) is 4.28. The number of hydrogen-bond acceptors (Lipinski definition) is 3. The van der Waals surface area contributed by atoms with Crippen LogP contribution in [-0.4, -0.2) is 19.2 Å². The number of nitrogens with one attached hydrogen (secondary N) is 2. The molecule has 3 heteroatoms. The summed E-state index contributed by atoms with van der Waals surface area (Å²) in [7, 11) is 1.74. The summed E-state index contributed by atoms with van der Waals surface area (Å²) in [6.07, 6.45) is 3.55. The standard InChI is InChI=1S/C20H24N2O/c1-23-18-10-5-3-8-16(18)14-22-20-11-6-12-21-19(20)17-9-4-2-7-15(17)13-20/h2-5,7-10,19,21-22H,6,11-14H2,1H3/t19-,20-/m1/s1. The Hall–Kier alpha value is -1.84. The Labute approximate surface area is 138 Å². The molecule has 2 aromatic rings. The number of methoxy groups -OCH3 is 1. The monoisotopic (exact) mass is 308 g/mol. The van der Waals surface area contributed by atoms with E-state index in [2.05, 4.69) is 47.0 Å². The number of piperidine rings is 1. The Balaban J connectivity index is 1.60. The molecule has 0 amide bonds. The number of fused-ring (bicyclic) bond motifs is 3. The SMILES string of the molecule is COc1ccccc1CN[C@@]12CCCN[C@@H]1c1ccccc1C2. The average molecular weight is 308 g/mol. The Morgan fingerprint density at radius 1 is 1.17 bits per heavy atom. The zero-order chi connectivity index (χ0) is 15.7. The molecule has 1 saturated heterocycles. The Bertz CT molecular complexity index is 700. The van der Waals surface area contributed by atoms with Crippen LogP contribution >= 0.6 is 0 Å². The van der Waals surface area contributed by atoms with Crippen LogP contribution < -0.4 is 15.4 Å². The molecule has 1 fully saturated rings. The molecule has 0 radical (unpaired) electrons. The summed E-state index contributed by atoms with van der Waals surface area (Å²) in [5, 5.41) is 7.64. The number of para-hydroxylation sites is 1. The Morgan fingerprint density at radius 3 is 2.91 bits per heavy atom. The van der Waals surface area contributed by atoms with E-state index in [0.29, 0.717) is 6.04 Å². The first-order valence-corrected chi connectivity index (χ1v) is 8.50. The van der Waals surface area contributed by atoms with E-state index in [1.54, 1.807) is 7.11 Å². The van der Waals surface area contributed by atoms with Gasteiger partial charge < -0.3 is 15.4 Å². The summed E-state index contributed by atoms with van der Waals surface area (Å²) < 4.78 is 5.50. The molecule has 0 bridgehead atoms. The lowest BCUT2D eigenvalue weighted by Crippen LogP contribution is -2.55. The molecule has 0 unspecified atom stereocenters. The molecule has 3 nitrogen and oxygen atoms in total. The molecule has 23 heavy (non-hydrogen) atoms. The topological polar surface area (TPSA) is 33.3 Å². The van der Waals surface area contributed by atoms with Crippen LogP contribution in [0, 0.1) is 0 Å². The Morgan fingerprint density at radius 2 is 2.00 bits per heavy atom. The van der Waals surface area contributed by atoms with Crippen molar-refractivity contribution in [3.05, 3.63) is 65.2 Å². The van der Waals surface area contributed by atoms with Crippen LogP contribution in [0.1, 0.15) is 35.6 Å². The van der Waals surface area contributed by atoms with Crippen molar-refractivity contribution in [1.82, 2.24) is 10.6 Å². The third-order valence-corrected chi connectivity index (χ3v) is 5.40. The molecular weight excluding hydrogens is 284 g/mol. The second-order valence-corrected chi connectivity index (χ2v) is 6.69. The van der Waals surface area contributed by atoms with Crippen molar-refractivity contribution in [3.63, 3.8) is 0 Å². The van der Waals surface area contributed by atoms with E-state index in [9.17, 15) is 0 Å². The highest BCUT2D eigenvalue weighted by Crippen LogP contribution is 2.44. The fourth-order valence-electron chi connectivity index (χ4n) is 4.28. The predicted octanol–water partition coefficient (Wildman–Crippen LogP) is 3.20. The zero-order valence-electron chi connectivity index (χ0n) is 13.6. The molecular formula is C20H24N2O. The number of hydrogen-bond donors (Lipinski definition) is 2. The van der Waals surface area contributed by atoms with Gasteiger partial charge in [0.25, 0.3) is 0 Å². The van der Waals surface area contributed by atoms with Crippen molar-refractivity contribution in [2.75, 3.05) is 13.7 Å². The van der Waals surface area contributed by atoms with E-state index in [1.165, 1.54) is 29.5 Å². The van der Waals surface area contributed by atoms with Crippen LogP contribution in [0.4, 0.5) is 0 Å². The molecule has 0 spiro atoms. The Kier molecular flexibility index (Phi) is 3.83.